The smallest absolute Gasteiger partial charge is 0.160 e. The molecule has 11 rings (SSSR count). The Hall–Kier alpha value is -7.76. The van der Waals surface area contributed by atoms with Crippen LogP contribution in [0.1, 0.15) is 0 Å². The molecular formula is C52H33N3O2. The lowest BCUT2D eigenvalue weighted by Crippen LogP contribution is -2.10. The lowest BCUT2D eigenvalue weighted by molar-refractivity contribution is 0.668. The fourth-order valence-electron chi connectivity index (χ4n) is 8.00. The number of fused-ring (bicyclic) bond motifs is 6. The van der Waals surface area contributed by atoms with Gasteiger partial charge in [0.2, 0.25) is 0 Å². The Morgan fingerprint density at radius 3 is 1.72 bits per heavy atom. The molecule has 0 aliphatic rings. The van der Waals surface area contributed by atoms with Crippen molar-refractivity contribution in [1.29, 1.82) is 0 Å². The molecule has 0 aliphatic carbocycles. The van der Waals surface area contributed by atoms with E-state index >= 15 is 0 Å². The third-order valence-corrected chi connectivity index (χ3v) is 10.7. The molecule has 268 valence electrons. The van der Waals surface area contributed by atoms with Crippen molar-refractivity contribution in [3.05, 3.63) is 200 Å². The van der Waals surface area contributed by atoms with E-state index in [-0.39, 0.29) is 0 Å². The van der Waals surface area contributed by atoms with Gasteiger partial charge in [0.15, 0.2) is 11.4 Å². The van der Waals surface area contributed by atoms with Gasteiger partial charge >= 0.3 is 0 Å². The zero-order valence-corrected chi connectivity index (χ0v) is 30.7. The van der Waals surface area contributed by atoms with Crippen LogP contribution in [0.2, 0.25) is 0 Å². The molecule has 3 heterocycles. The molecule has 57 heavy (non-hydrogen) atoms. The van der Waals surface area contributed by atoms with E-state index in [1.807, 2.05) is 66.7 Å². The first kappa shape index (κ1) is 32.7. The highest BCUT2D eigenvalue weighted by molar-refractivity contribution is 6.14. The average molecular weight is 732 g/mol. The van der Waals surface area contributed by atoms with Crippen LogP contribution in [0.25, 0.3) is 88.9 Å². The predicted octanol–water partition coefficient (Wildman–Crippen LogP) is 14.4. The number of furan rings is 2. The molecule has 0 N–H and O–H groups in total. The Kier molecular flexibility index (Phi) is 7.74. The van der Waals surface area contributed by atoms with Crippen LogP contribution in [-0.2, 0) is 0 Å². The Bertz CT molecular complexity index is 3170. The summed E-state index contributed by atoms with van der Waals surface area (Å²) < 4.78 is 13.1. The van der Waals surface area contributed by atoms with Crippen LogP contribution >= 0.6 is 0 Å². The van der Waals surface area contributed by atoms with Crippen molar-refractivity contribution < 1.29 is 8.83 Å². The van der Waals surface area contributed by atoms with Gasteiger partial charge in [-0.3, -0.25) is 0 Å². The summed E-state index contributed by atoms with van der Waals surface area (Å²) in [6.45, 7) is 0. The van der Waals surface area contributed by atoms with Crippen molar-refractivity contribution in [2.75, 3.05) is 4.90 Å². The average Bonchev–Trinajstić information content (AvgIpc) is 3.86. The van der Waals surface area contributed by atoms with Crippen molar-refractivity contribution in [3.63, 3.8) is 0 Å². The molecule has 0 unspecified atom stereocenters. The minimum Gasteiger partial charge on any atom is -0.456 e. The summed E-state index contributed by atoms with van der Waals surface area (Å²) in [6.07, 6.45) is 0. The topological polar surface area (TPSA) is 55.3 Å². The summed E-state index contributed by atoms with van der Waals surface area (Å²) in [5, 5.41) is 4.26. The number of benzene rings is 8. The van der Waals surface area contributed by atoms with Crippen molar-refractivity contribution in [2.24, 2.45) is 0 Å². The summed E-state index contributed by atoms with van der Waals surface area (Å²) in [5.41, 5.74) is 13.1. The van der Waals surface area contributed by atoms with Crippen LogP contribution in [0, 0.1) is 0 Å². The molecule has 11 aromatic rings. The Morgan fingerprint density at radius 2 is 0.965 bits per heavy atom. The van der Waals surface area contributed by atoms with Gasteiger partial charge in [0.05, 0.1) is 17.1 Å². The summed E-state index contributed by atoms with van der Waals surface area (Å²) in [7, 11) is 0. The van der Waals surface area contributed by atoms with Crippen LogP contribution < -0.4 is 4.90 Å². The van der Waals surface area contributed by atoms with E-state index in [2.05, 4.69) is 138 Å². The van der Waals surface area contributed by atoms with Gasteiger partial charge in [-0.05, 0) is 71.8 Å². The van der Waals surface area contributed by atoms with Gasteiger partial charge in [-0.2, -0.15) is 0 Å². The highest BCUT2D eigenvalue weighted by Gasteiger charge is 2.21. The van der Waals surface area contributed by atoms with Gasteiger partial charge < -0.3 is 13.7 Å². The standard InChI is InChI=1S/C52H33N3O2/c1-4-15-35(16-5-1)44-33-45(54-52(53-44)36-17-6-2-7-18-36)43-31-37(32-49-50(43)42-22-11-13-26-48(42)56-49)34-27-29-39(30-28-34)55(38-19-8-3-9-20-38)46-24-14-23-41-40-21-10-12-25-47(40)57-51(41)46/h1-33H. The molecule has 0 saturated carbocycles. The summed E-state index contributed by atoms with van der Waals surface area (Å²) in [5.74, 6) is 0.670. The van der Waals surface area contributed by atoms with E-state index in [0.29, 0.717) is 5.82 Å². The van der Waals surface area contributed by atoms with Gasteiger partial charge in [0.25, 0.3) is 0 Å². The van der Waals surface area contributed by atoms with Gasteiger partial charge in [0, 0.05) is 49.6 Å². The second-order valence-corrected chi connectivity index (χ2v) is 14.2. The third kappa shape index (κ3) is 5.72. The molecule has 0 atom stereocenters. The van der Waals surface area contributed by atoms with Crippen molar-refractivity contribution in [2.45, 2.75) is 0 Å². The summed E-state index contributed by atoms with van der Waals surface area (Å²) >= 11 is 0. The first-order chi connectivity index (χ1) is 28.2. The quantitative estimate of drug-likeness (QED) is 0.163. The number of anilines is 3. The zero-order valence-electron chi connectivity index (χ0n) is 30.7. The lowest BCUT2D eigenvalue weighted by atomic mass is 9.96. The molecule has 5 nitrogen and oxygen atoms in total. The number of para-hydroxylation sites is 4. The molecule has 0 amide bonds. The lowest BCUT2D eigenvalue weighted by Gasteiger charge is -2.25. The van der Waals surface area contributed by atoms with E-state index in [4.69, 9.17) is 18.8 Å². The molecule has 3 aromatic heterocycles. The van der Waals surface area contributed by atoms with Crippen molar-refractivity contribution in [1.82, 2.24) is 9.97 Å². The first-order valence-corrected chi connectivity index (χ1v) is 19.1. The fraction of sp³-hybridized carbons (Fsp3) is 0. The fourth-order valence-corrected chi connectivity index (χ4v) is 8.00. The number of hydrogen-bond acceptors (Lipinski definition) is 5. The maximum absolute atomic E-state index is 6.59. The largest absolute Gasteiger partial charge is 0.456 e. The molecule has 5 heteroatoms. The molecule has 0 fully saturated rings. The molecule has 0 radical (unpaired) electrons. The molecule has 0 bridgehead atoms. The van der Waals surface area contributed by atoms with Crippen LogP contribution in [-0.4, -0.2) is 9.97 Å². The number of nitrogens with zero attached hydrogens (tertiary/aromatic N) is 3. The molecule has 0 spiro atoms. The normalized spacial score (nSPS) is 11.5. The third-order valence-electron chi connectivity index (χ3n) is 10.7. The second kappa shape index (κ2) is 13.5. The van der Waals surface area contributed by atoms with E-state index in [9.17, 15) is 0 Å². The Morgan fingerprint density at radius 1 is 0.368 bits per heavy atom. The number of rotatable bonds is 7. The SMILES string of the molecule is c1ccc(-c2cc(-c3cc(-c4ccc(N(c5ccccc5)c5cccc6c5oc5ccccc56)cc4)cc4oc5ccccc5c34)nc(-c3ccccc3)n2)cc1. The monoisotopic (exact) mass is 731 g/mol. The van der Waals surface area contributed by atoms with Gasteiger partial charge in [0.1, 0.15) is 16.7 Å². The second-order valence-electron chi connectivity index (χ2n) is 14.2. The zero-order chi connectivity index (χ0) is 37.7. The minimum absolute atomic E-state index is 0.670. The first-order valence-electron chi connectivity index (χ1n) is 19.1. The molecule has 0 saturated heterocycles. The van der Waals surface area contributed by atoms with Gasteiger partial charge in [-0.15, -0.1) is 0 Å². The Labute approximate surface area is 328 Å². The van der Waals surface area contributed by atoms with E-state index in [0.717, 1.165) is 100 Å². The van der Waals surface area contributed by atoms with Crippen LogP contribution in [0.5, 0.6) is 0 Å². The maximum Gasteiger partial charge on any atom is 0.160 e. The van der Waals surface area contributed by atoms with E-state index < -0.39 is 0 Å². The van der Waals surface area contributed by atoms with Crippen LogP contribution in [0.15, 0.2) is 209 Å². The van der Waals surface area contributed by atoms with Crippen molar-refractivity contribution in [3.8, 4) is 45.0 Å². The Balaban J connectivity index is 1.08. The van der Waals surface area contributed by atoms with Gasteiger partial charge in [-0.1, -0.05) is 140 Å². The highest BCUT2D eigenvalue weighted by Crippen LogP contribution is 2.44. The van der Waals surface area contributed by atoms with Crippen LogP contribution in [0.3, 0.4) is 0 Å². The van der Waals surface area contributed by atoms with Crippen molar-refractivity contribution >= 4 is 60.9 Å². The number of aromatic nitrogens is 2. The maximum atomic E-state index is 6.59. The summed E-state index contributed by atoms with van der Waals surface area (Å²) in [4.78, 5) is 12.6. The van der Waals surface area contributed by atoms with E-state index in [1.165, 1.54) is 0 Å². The summed E-state index contributed by atoms with van der Waals surface area (Å²) in [6, 6.07) is 68.9. The molecule has 8 aromatic carbocycles. The predicted molar refractivity (Wildman–Crippen MR) is 233 cm³/mol. The number of hydrogen-bond donors (Lipinski definition) is 0. The minimum atomic E-state index is 0.670. The molecule has 0 aliphatic heterocycles. The highest BCUT2D eigenvalue weighted by atomic mass is 16.3. The van der Waals surface area contributed by atoms with Crippen LogP contribution in [0.4, 0.5) is 17.1 Å². The van der Waals surface area contributed by atoms with E-state index in [1.54, 1.807) is 0 Å². The van der Waals surface area contributed by atoms with Gasteiger partial charge in [-0.25, -0.2) is 9.97 Å². The molecular weight excluding hydrogens is 699 g/mol.